The molecule has 1 amide bonds. The molecule has 0 unspecified atom stereocenters. The molecule has 0 aliphatic carbocycles. The highest BCUT2D eigenvalue weighted by Gasteiger charge is 2.09. The normalized spacial score (nSPS) is 11.1. The van der Waals surface area contributed by atoms with Crippen molar-refractivity contribution in [1.82, 2.24) is 24.9 Å². The van der Waals surface area contributed by atoms with Gasteiger partial charge in [-0.2, -0.15) is 5.10 Å². The summed E-state index contributed by atoms with van der Waals surface area (Å²) >= 11 is 1.29. The van der Waals surface area contributed by atoms with E-state index in [4.69, 9.17) is 0 Å². The Morgan fingerprint density at radius 2 is 1.82 bits per heavy atom. The van der Waals surface area contributed by atoms with Crippen LogP contribution < -0.4 is 5.43 Å². The summed E-state index contributed by atoms with van der Waals surface area (Å²) in [6, 6.07) is 7.84. The predicted molar refractivity (Wildman–Crippen MR) is 111 cm³/mol. The molecule has 0 radical (unpaired) electrons. The minimum absolute atomic E-state index is 0.202. The smallest absolute Gasteiger partial charge is 0.250 e. The Bertz CT molecular complexity index is 993. The highest BCUT2D eigenvalue weighted by molar-refractivity contribution is 7.99. The Morgan fingerprint density at radius 1 is 1.14 bits per heavy atom. The van der Waals surface area contributed by atoms with E-state index in [0.717, 1.165) is 34.0 Å². The van der Waals surface area contributed by atoms with Gasteiger partial charge in [0.15, 0.2) is 5.16 Å². The van der Waals surface area contributed by atoms with Crippen molar-refractivity contribution in [3.05, 3.63) is 65.0 Å². The molecule has 3 heterocycles. The number of pyridine rings is 1. The number of hydrogen-bond donors (Lipinski definition) is 1. The standard InChI is InChI=1S/C20H22N6OS/c1-13-9-14(2)24-20(23-13)28-12-19(27)25-22-11-17-10-15(3)26(16(17)4)18-5-7-21-8-6-18/h5-11H,12H2,1-4H3,(H,25,27)/b22-11-. The SMILES string of the molecule is Cc1cc(C)nc(SCC(=O)N/N=C\c2cc(C)n(-c3ccncc3)c2C)n1. The van der Waals surface area contributed by atoms with Gasteiger partial charge in [0.25, 0.3) is 5.91 Å². The van der Waals surface area contributed by atoms with E-state index in [1.165, 1.54) is 11.8 Å². The molecule has 0 atom stereocenters. The largest absolute Gasteiger partial charge is 0.318 e. The van der Waals surface area contributed by atoms with Gasteiger partial charge in [-0.05, 0) is 52.0 Å². The lowest BCUT2D eigenvalue weighted by Gasteiger charge is -2.08. The third-order valence-electron chi connectivity index (χ3n) is 4.08. The topological polar surface area (TPSA) is 85.1 Å². The first kappa shape index (κ1) is 19.8. The van der Waals surface area contributed by atoms with Gasteiger partial charge in [0.1, 0.15) is 0 Å². The molecule has 0 fully saturated rings. The summed E-state index contributed by atoms with van der Waals surface area (Å²) in [7, 11) is 0. The number of hydrazone groups is 1. The van der Waals surface area contributed by atoms with Gasteiger partial charge >= 0.3 is 0 Å². The fourth-order valence-corrected chi connectivity index (χ4v) is 3.64. The minimum atomic E-state index is -0.202. The lowest BCUT2D eigenvalue weighted by molar-refractivity contribution is -0.118. The lowest BCUT2D eigenvalue weighted by atomic mass is 10.2. The van der Waals surface area contributed by atoms with E-state index in [2.05, 4.69) is 30.0 Å². The molecule has 3 aromatic rings. The maximum absolute atomic E-state index is 12.0. The molecule has 8 heteroatoms. The first-order chi connectivity index (χ1) is 13.4. The Hall–Kier alpha value is -3.00. The molecule has 28 heavy (non-hydrogen) atoms. The van der Waals surface area contributed by atoms with E-state index < -0.39 is 0 Å². The molecular weight excluding hydrogens is 372 g/mol. The van der Waals surface area contributed by atoms with Crippen molar-refractivity contribution in [2.24, 2.45) is 5.10 Å². The Labute approximate surface area is 168 Å². The molecule has 0 saturated carbocycles. The van der Waals surface area contributed by atoms with Crippen LogP contribution in [0.5, 0.6) is 0 Å². The second kappa shape index (κ2) is 8.79. The number of nitrogens with zero attached hydrogens (tertiary/aromatic N) is 5. The van der Waals surface area contributed by atoms with Gasteiger partial charge < -0.3 is 4.57 Å². The summed E-state index contributed by atoms with van der Waals surface area (Å²) in [6.07, 6.45) is 5.19. The molecule has 144 valence electrons. The molecular formula is C20H22N6OS. The van der Waals surface area contributed by atoms with Gasteiger partial charge in [0.05, 0.1) is 12.0 Å². The Balaban J connectivity index is 1.61. The van der Waals surface area contributed by atoms with Crippen molar-refractivity contribution in [1.29, 1.82) is 0 Å². The maximum atomic E-state index is 12.0. The fraction of sp³-hybridized carbons (Fsp3) is 0.250. The number of amides is 1. The average Bonchev–Trinajstić information content (AvgIpc) is 2.93. The highest BCUT2D eigenvalue weighted by Crippen LogP contribution is 2.19. The van der Waals surface area contributed by atoms with Crippen LogP contribution in [0, 0.1) is 27.7 Å². The van der Waals surface area contributed by atoms with Gasteiger partial charge in [0.2, 0.25) is 0 Å². The average molecular weight is 395 g/mol. The molecule has 0 bridgehead atoms. The highest BCUT2D eigenvalue weighted by atomic mass is 32.2. The molecule has 0 saturated heterocycles. The van der Waals surface area contributed by atoms with Crippen LogP contribution in [0.1, 0.15) is 28.3 Å². The van der Waals surface area contributed by atoms with Crippen molar-refractivity contribution in [3.8, 4) is 5.69 Å². The van der Waals surface area contributed by atoms with Crippen LogP contribution in [0.3, 0.4) is 0 Å². The Morgan fingerprint density at radius 3 is 2.50 bits per heavy atom. The zero-order chi connectivity index (χ0) is 20.1. The monoisotopic (exact) mass is 394 g/mol. The predicted octanol–water partition coefficient (Wildman–Crippen LogP) is 3.14. The second-order valence-electron chi connectivity index (χ2n) is 6.38. The number of nitrogens with one attached hydrogen (secondary N) is 1. The van der Waals surface area contributed by atoms with E-state index >= 15 is 0 Å². The number of carbonyl (C=O) groups is 1. The van der Waals surface area contributed by atoms with Gasteiger partial charge in [-0.3, -0.25) is 9.78 Å². The molecule has 0 aliphatic rings. The summed E-state index contributed by atoms with van der Waals surface area (Å²) in [4.78, 5) is 24.7. The number of hydrogen-bond acceptors (Lipinski definition) is 6. The number of carbonyl (C=O) groups excluding carboxylic acids is 1. The first-order valence-electron chi connectivity index (χ1n) is 8.80. The molecule has 7 nitrogen and oxygen atoms in total. The van der Waals surface area contributed by atoms with Crippen LogP contribution in [-0.2, 0) is 4.79 Å². The van der Waals surface area contributed by atoms with Gasteiger partial charge in [-0.15, -0.1) is 0 Å². The zero-order valence-corrected chi connectivity index (χ0v) is 17.1. The van der Waals surface area contributed by atoms with E-state index in [-0.39, 0.29) is 11.7 Å². The van der Waals surface area contributed by atoms with Crippen LogP contribution in [0.2, 0.25) is 0 Å². The van der Waals surface area contributed by atoms with Crippen LogP contribution >= 0.6 is 11.8 Å². The van der Waals surface area contributed by atoms with E-state index in [9.17, 15) is 4.79 Å². The van der Waals surface area contributed by atoms with Crippen molar-refractivity contribution < 1.29 is 4.79 Å². The van der Waals surface area contributed by atoms with Crippen molar-refractivity contribution in [2.45, 2.75) is 32.9 Å². The second-order valence-corrected chi connectivity index (χ2v) is 7.32. The molecule has 0 aromatic carbocycles. The fourth-order valence-electron chi connectivity index (χ4n) is 2.90. The van der Waals surface area contributed by atoms with Gasteiger partial charge in [-0.1, -0.05) is 11.8 Å². The lowest BCUT2D eigenvalue weighted by Crippen LogP contribution is -2.19. The van der Waals surface area contributed by atoms with Gasteiger partial charge in [-0.25, -0.2) is 15.4 Å². The van der Waals surface area contributed by atoms with Crippen molar-refractivity contribution >= 4 is 23.9 Å². The number of thioether (sulfide) groups is 1. The summed E-state index contributed by atoms with van der Waals surface area (Å²) in [6.45, 7) is 7.87. The maximum Gasteiger partial charge on any atom is 0.250 e. The van der Waals surface area contributed by atoms with Crippen molar-refractivity contribution in [2.75, 3.05) is 5.75 Å². The van der Waals surface area contributed by atoms with Gasteiger partial charge in [0, 0.05) is 46.4 Å². The number of aromatic nitrogens is 4. The van der Waals surface area contributed by atoms with Crippen LogP contribution in [0.4, 0.5) is 0 Å². The molecule has 3 rings (SSSR count). The quantitative estimate of drug-likeness (QED) is 0.300. The third-order valence-corrected chi connectivity index (χ3v) is 4.93. The minimum Gasteiger partial charge on any atom is -0.318 e. The third kappa shape index (κ3) is 4.83. The number of rotatable bonds is 6. The van der Waals surface area contributed by atoms with E-state index in [1.807, 2.05) is 52.0 Å². The first-order valence-corrected chi connectivity index (χ1v) is 9.79. The molecule has 1 N–H and O–H groups in total. The van der Waals surface area contributed by atoms with E-state index in [0.29, 0.717) is 5.16 Å². The van der Waals surface area contributed by atoms with E-state index in [1.54, 1.807) is 18.6 Å². The summed E-state index contributed by atoms with van der Waals surface area (Å²) < 4.78 is 2.12. The molecule has 0 spiro atoms. The number of aryl methyl sites for hydroxylation is 3. The van der Waals surface area contributed by atoms with Crippen LogP contribution in [-0.4, -0.2) is 37.4 Å². The van der Waals surface area contributed by atoms with Crippen LogP contribution in [0.25, 0.3) is 5.69 Å². The van der Waals surface area contributed by atoms with Crippen molar-refractivity contribution in [3.63, 3.8) is 0 Å². The molecule has 0 aliphatic heterocycles. The summed E-state index contributed by atoms with van der Waals surface area (Å²) in [5.74, 6) is 0.00274. The summed E-state index contributed by atoms with van der Waals surface area (Å²) in [5, 5.41) is 4.69. The van der Waals surface area contributed by atoms with Crippen LogP contribution in [0.15, 0.2) is 46.9 Å². The molecule has 3 aromatic heterocycles. The zero-order valence-electron chi connectivity index (χ0n) is 16.3. The Kier molecular flexibility index (Phi) is 6.20. The summed E-state index contributed by atoms with van der Waals surface area (Å²) in [5.41, 5.74) is 8.44.